The standard InChI is InChI=1S/C18H18FN3O5S/c1-25-14-7-6-12(10-13(14)19)22-28(23,24)16-9-8-15(26-16)18-21-20-17(27-18)11-4-2-3-5-11/h6-11,22H,2-5H2,1H3. The molecule has 4 rings (SSSR count). The first kappa shape index (κ1) is 18.5. The minimum absolute atomic E-state index is 0.0118. The van der Waals surface area contributed by atoms with E-state index in [0.717, 1.165) is 31.7 Å². The molecule has 2 heterocycles. The Bertz CT molecular complexity index is 1090. The molecular formula is C18H18FN3O5S. The molecule has 1 aliphatic rings. The third-order valence-corrected chi connectivity index (χ3v) is 5.86. The maximum absolute atomic E-state index is 13.8. The van der Waals surface area contributed by atoms with E-state index < -0.39 is 15.8 Å². The number of aromatic nitrogens is 2. The number of sulfonamides is 1. The first-order chi connectivity index (χ1) is 13.5. The second kappa shape index (κ2) is 7.27. The molecule has 3 aromatic rings. The van der Waals surface area contributed by atoms with Gasteiger partial charge in [0.1, 0.15) is 0 Å². The number of ether oxygens (including phenoxy) is 1. The summed E-state index contributed by atoms with van der Waals surface area (Å²) < 4.78 is 56.9. The van der Waals surface area contributed by atoms with Gasteiger partial charge in [0, 0.05) is 12.0 Å². The molecule has 0 aliphatic heterocycles. The van der Waals surface area contributed by atoms with Gasteiger partial charge in [0.15, 0.2) is 17.3 Å². The fraction of sp³-hybridized carbons (Fsp3) is 0.333. The van der Waals surface area contributed by atoms with Crippen LogP contribution < -0.4 is 9.46 Å². The van der Waals surface area contributed by atoms with Gasteiger partial charge in [-0.05, 0) is 37.1 Å². The lowest BCUT2D eigenvalue weighted by molar-refractivity contribution is 0.386. The van der Waals surface area contributed by atoms with Crippen LogP contribution in [0, 0.1) is 5.82 Å². The number of rotatable bonds is 6. The Morgan fingerprint density at radius 1 is 1.14 bits per heavy atom. The van der Waals surface area contributed by atoms with Gasteiger partial charge in [-0.15, -0.1) is 10.2 Å². The Hall–Kier alpha value is -2.88. The van der Waals surface area contributed by atoms with E-state index in [9.17, 15) is 12.8 Å². The molecule has 1 fully saturated rings. The van der Waals surface area contributed by atoms with Crippen LogP contribution in [0.4, 0.5) is 10.1 Å². The molecule has 1 saturated carbocycles. The number of hydrogen-bond donors (Lipinski definition) is 1. The highest BCUT2D eigenvalue weighted by Gasteiger charge is 2.25. The molecule has 0 bridgehead atoms. The molecule has 0 saturated heterocycles. The lowest BCUT2D eigenvalue weighted by Gasteiger charge is -2.07. The molecule has 0 spiro atoms. The van der Waals surface area contributed by atoms with Crippen molar-refractivity contribution in [1.82, 2.24) is 10.2 Å². The van der Waals surface area contributed by atoms with Gasteiger partial charge in [-0.2, -0.15) is 8.42 Å². The normalized spacial score (nSPS) is 15.1. The summed E-state index contributed by atoms with van der Waals surface area (Å²) in [6, 6.07) is 6.44. The van der Waals surface area contributed by atoms with Crippen molar-refractivity contribution in [2.24, 2.45) is 0 Å². The van der Waals surface area contributed by atoms with Crippen LogP contribution in [0.5, 0.6) is 5.75 Å². The molecule has 10 heteroatoms. The maximum Gasteiger partial charge on any atom is 0.295 e. The van der Waals surface area contributed by atoms with E-state index in [4.69, 9.17) is 13.6 Å². The van der Waals surface area contributed by atoms with Crippen molar-refractivity contribution >= 4 is 15.7 Å². The van der Waals surface area contributed by atoms with Crippen molar-refractivity contribution in [1.29, 1.82) is 0 Å². The number of hydrogen-bond acceptors (Lipinski definition) is 7. The van der Waals surface area contributed by atoms with Gasteiger partial charge in [0.2, 0.25) is 11.0 Å². The number of nitrogens with one attached hydrogen (secondary N) is 1. The predicted octanol–water partition coefficient (Wildman–Crippen LogP) is 3.94. The molecule has 0 atom stereocenters. The zero-order chi connectivity index (χ0) is 19.7. The molecule has 0 radical (unpaired) electrons. The lowest BCUT2D eigenvalue weighted by atomic mass is 10.1. The summed E-state index contributed by atoms with van der Waals surface area (Å²) in [5.74, 6) is 0.383. The van der Waals surface area contributed by atoms with E-state index in [1.54, 1.807) is 0 Å². The number of halogens is 1. The Balaban J connectivity index is 1.53. The van der Waals surface area contributed by atoms with Gasteiger partial charge in [0.05, 0.1) is 12.8 Å². The van der Waals surface area contributed by atoms with E-state index >= 15 is 0 Å². The van der Waals surface area contributed by atoms with Crippen LogP contribution in [-0.2, 0) is 10.0 Å². The molecule has 1 aromatic carbocycles. The van der Waals surface area contributed by atoms with Gasteiger partial charge in [0.25, 0.3) is 15.9 Å². The fourth-order valence-electron chi connectivity index (χ4n) is 3.19. The minimum Gasteiger partial charge on any atom is -0.494 e. The number of benzene rings is 1. The van der Waals surface area contributed by atoms with Crippen molar-refractivity contribution in [3.63, 3.8) is 0 Å². The quantitative estimate of drug-likeness (QED) is 0.659. The summed E-state index contributed by atoms with van der Waals surface area (Å²) in [5.41, 5.74) is 0.0394. The van der Waals surface area contributed by atoms with Crippen LogP contribution in [0.3, 0.4) is 0 Å². The van der Waals surface area contributed by atoms with Crippen LogP contribution in [0.2, 0.25) is 0 Å². The lowest BCUT2D eigenvalue weighted by Crippen LogP contribution is -2.12. The molecule has 0 amide bonds. The van der Waals surface area contributed by atoms with Crippen molar-refractivity contribution in [2.45, 2.75) is 36.7 Å². The van der Waals surface area contributed by atoms with Gasteiger partial charge in [-0.25, -0.2) is 4.39 Å². The topological polar surface area (TPSA) is 107 Å². The van der Waals surface area contributed by atoms with Crippen LogP contribution in [0.1, 0.15) is 37.5 Å². The SMILES string of the molecule is COc1ccc(NS(=O)(=O)c2ccc(-c3nnc(C4CCCC4)o3)o2)cc1F. The van der Waals surface area contributed by atoms with E-state index in [2.05, 4.69) is 14.9 Å². The van der Waals surface area contributed by atoms with Gasteiger partial charge >= 0.3 is 0 Å². The fourth-order valence-corrected chi connectivity index (χ4v) is 4.17. The molecule has 1 aliphatic carbocycles. The minimum atomic E-state index is -4.06. The van der Waals surface area contributed by atoms with E-state index in [1.807, 2.05) is 0 Å². The summed E-state index contributed by atoms with van der Waals surface area (Å²) in [6.45, 7) is 0. The van der Waals surface area contributed by atoms with Crippen LogP contribution >= 0.6 is 0 Å². The van der Waals surface area contributed by atoms with Crippen molar-refractivity contribution in [3.05, 3.63) is 42.0 Å². The molecule has 28 heavy (non-hydrogen) atoms. The Labute approximate surface area is 160 Å². The third-order valence-electron chi connectivity index (χ3n) is 4.61. The number of nitrogens with zero attached hydrogens (tertiary/aromatic N) is 2. The van der Waals surface area contributed by atoms with Gasteiger partial charge in [-0.3, -0.25) is 4.72 Å². The summed E-state index contributed by atoms with van der Waals surface area (Å²) >= 11 is 0. The Kier molecular flexibility index (Phi) is 4.80. The second-order valence-corrected chi connectivity index (χ2v) is 8.11. The van der Waals surface area contributed by atoms with Crippen molar-refractivity contribution in [3.8, 4) is 17.4 Å². The monoisotopic (exact) mass is 407 g/mol. The maximum atomic E-state index is 13.8. The molecule has 1 N–H and O–H groups in total. The molecular weight excluding hydrogens is 389 g/mol. The first-order valence-corrected chi connectivity index (χ1v) is 10.2. The summed E-state index contributed by atoms with van der Waals surface area (Å²) in [7, 11) is -2.74. The second-order valence-electron chi connectivity index (χ2n) is 6.50. The van der Waals surface area contributed by atoms with Crippen LogP contribution in [-0.4, -0.2) is 25.7 Å². The van der Waals surface area contributed by atoms with Crippen LogP contribution in [0.25, 0.3) is 11.7 Å². The molecule has 0 unspecified atom stereocenters. The average molecular weight is 407 g/mol. The highest BCUT2D eigenvalue weighted by molar-refractivity contribution is 7.92. The smallest absolute Gasteiger partial charge is 0.295 e. The van der Waals surface area contributed by atoms with E-state index in [-0.39, 0.29) is 34.1 Å². The first-order valence-electron chi connectivity index (χ1n) is 8.76. The largest absolute Gasteiger partial charge is 0.494 e. The summed E-state index contributed by atoms with van der Waals surface area (Å²) in [5, 5.41) is 7.65. The Morgan fingerprint density at radius 3 is 2.64 bits per heavy atom. The average Bonchev–Trinajstić information content (AvgIpc) is 3.40. The molecule has 148 valence electrons. The zero-order valence-electron chi connectivity index (χ0n) is 15.0. The van der Waals surface area contributed by atoms with Gasteiger partial charge < -0.3 is 13.6 Å². The number of furan rings is 1. The van der Waals surface area contributed by atoms with Crippen molar-refractivity contribution < 1.29 is 26.4 Å². The third kappa shape index (κ3) is 3.59. The zero-order valence-corrected chi connectivity index (χ0v) is 15.8. The predicted molar refractivity (Wildman–Crippen MR) is 97.0 cm³/mol. The summed E-state index contributed by atoms with van der Waals surface area (Å²) in [4.78, 5) is 0. The van der Waals surface area contributed by atoms with E-state index in [0.29, 0.717) is 5.89 Å². The molecule has 2 aromatic heterocycles. The highest BCUT2D eigenvalue weighted by Crippen LogP contribution is 2.35. The highest BCUT2D eigenvalue weighted by atomic mass is 32.2. The molecule has 8 nitrogen and oxygen atoms in total. The Morgan fingerprint density at radius 2 is 1.93 bits per heavy atom. The summed E-state index contributed by atoms with van der Waals surface area (Å²) in [6.07, 6.45) is 4.26. The van der Waals surface area contributed by atoms with Crippen LogP contribution in [0.15, 0.2) is 44.3 Å². The van der Waals surface area contributed by atoms with Gasteiger partial charge in [-0.1, -0.05) is 12.8 Å². The van der Waals surface area contributed by atoms with Crippen molar-refractivity contribution in [2.75, 3.05) is 11.8 Å². The number of methoxy groups -OCH3 is 1. The number of anilines is 1. The van der Waals surface area contributed by atoms with E-state index in [1.165, 1.54) is 31.4 Å².